The van der Waals surface area contributed by atoms with Crippen LogP contribution in [-0.2, 0) is 0 Å². The highest BCUT2D eigenvalue weighted by molar-refractivity contribution is 5.95. The molecule has 18 heavy (non-hydrogen) atoms. The molecule has 0 saturated heterocycles. The lowest BCUT2D eigenvalue weighted by Gasteiger charge is -2.03. The minimum absolute atomic E-state index is 0.00306. The molecule has 0 amide bonds. The Kier molecular flexibility index (Phi) is 2.59. The van der Waals surface area contributed by atoms with Gasteiger partial charge in [0.25, 0.3) is 5.69 Å². The Bertz CT molecular complexity index is 730. The van der Waals surface area contributed by atoms with Crippen LogP contribution >= 0.6 is 0 Å². The number of carbonyl (C=O) groups is 1. The summed E-state index contributed by atoms with van der Waals surface area (Å²) in [4.78, 5) is 32.3. The molecule has 2 aromatic rings. The van der Waals surface area contributed by atoms with Gasteiger partial charge in [-0.3, -0.25) is 10.1 Å². The minimum atomic E-state index is -1.39. The molecule has 2 rings (SSSR count). The Labute approximate surface area is 99.4 Å². The van der Waals surface area contributed by atoms with Crippen LogP contribution in [0.4, 0.5) is 5.69 Å². The Hall–Kier alpha value is -2.70. The SMILES string of the molecule is Cc1c(C(=O)O)c(=O)oc2cc([N+](=O)[O-])ccc12. The van der Waals surface area contributed by atoms with E-state index in [4.69, 9.17) is 9.52 Å². The molecule has 1 heterocycles. The summed E-state index contributed by atoms with van der Waals surface area (Å²) >= 11 is 0. The maximum atomic E-state index is 11.5. The van der Waals surface area contributed by atoms with Crippen molar-refractivity contribution in [1.29, 1.82) is 0 Å². The molecule has 0 aliphatic carbocycles. The van der Waals surface area contributed by atoms with Crippen LogP contribution < -0.4 is 5.63 Å². The van der Waals surface area contributed by atoms with Crippen molar-refractivity contribution in [3.05, 3.63) is 49.9 Å². The second kappa shape index (κ2) is 3.95. The summed E-state index contributed by atoms with van der Waals surface area (Å²) in [5, 5.41) is 19.8. The van der Waals surface area contributed by atoms with Gasteiger partial charge in [0.2, 0.25) is 0 Å². The predicted octanol–water partition coefficient (Wildman–Crippen LogP) is 1.71. The molecule has 0 radical (unpaired) electrons. The number of nitrogens with zero attached hydrogens (tertiary/aromatic N) is 1. The third kappa shape index (κ3) is 1.71. The van der Waals surface area contributed by atoms with Crippen molar-refractivity contribution in [2.24, 2.45) is 0 Å². The molecule has 0 unspecified atom stereocenters. The third-order valence-electron chi connectivity index (χ3n) is 2.58. The van der Waals surface area contributed by atoms with E-state index in [1.807, 2.05) is 0 Å². The topological polar surface area (TPSA) is 111 Å². The zero-order chi connectivity index (χ0) is 13.4. The smallest absolute Gasteiger partial charge is 0.351 e. The van der Waals surface area contributed by atoms with Crippen molar-refractivity contribution in [2.75, 3.05) is 0 Å². The number of rotatable bonds is 2. The van der Waals surface area contributed by atoms with Crippen molar-refractivity contribution in [3.8, 4) is 0 Å². The molecule has 0 fully saturated rings. The molecular weight excluding hydrogens is 242 g/mol. The third-order valence-corrected chi connectivity index (χ3v) is 2.58. The zero-order valence-electron chi connectivity index (χ0n) is 9.17. The molecule has 1 aromatic heterocycles. The molecule has 0 saturated carbocycles. The highest BCUT2D eigenvalue weighted by atomic mass is 16.6. The maximum absolute atomic E-state index is 11.5. The fourth-order valence-electron chi connectivity index (χ4n) is 1.71. The lowest BCUT2D eigenvalue weighted by Crippen LogP contribution is -2.15. The number of benzene rings is 1. The van der Waals surface area contributed by atoms with E-state index in [9.17, 15) is 19.7 Å². The average molecular weight is 249 g/mol. The second-order valence-electron chi connectivity index (χ2n) is 3.63. The number of carboxylic acids is 1. The van der Waals surface area contributed by atoms with Gasteiger partial charge in [-0.05, 0) is 18.6 Å². The lowest BCUT2D eigenvalue weighted by molar-refractivity contribution is -0.384. The Morgan fingerprint density at radius 1 is 1.44 bits per heavy atom. The predicted molar refractivity (Wildman–Crippen MR) is 60.8 cm³/mol. The lowest BCUT2D eigenvalue weighted by atomic mass is 10.1. The summed E-state index contributed by atoms with van der Waals surface area (Å²) in [5.74, 6) is -1.39. The molecule has 0 aliphatic rings. The number of aromatic carboxylic acids is 1. The van der Waals surface area contributed by atoms with Crippen LogP contribution in [0, 0.1) is 17.0 Å². The molecule has 0 aliphatic heterocycles. The van der Waals surface area contributed by atoms with E-state index >= 15 is 0 Å². The quantitative estimate of drug-likeness (QED) is 0.492. The fraction of sp³-hybridized carbons (Fsp3) is 0.0909. The molecule has 7 nitrogen and oxygen atoms in total. The summed E-state index contributed by atoms with van der Waals surface area (Å²) in [6, 6.07) is 3.68. The van der Waals surface area contributed by atoms with E-state index in [1.165, 1.54) is 19.1 Å². The first-order chi connectivity index (χ1) is 8.41. The largest absolute Gasteiger partial charge is 0.477 e. The number of hydrogen-bond donors (Lipinski definition) is 1. The summed E-state index contributed by atoms with van der Waals surface area (Å²) < 4.78 is 4.78. The van der Waals surface area contributed by atoms with Crippen LogP contribution in [0.1, 0.15) is 15.9 Å². The van der Waals surface area contributed by atoms with Gasteiger partial charge in [0.1, 0.15) is 11.1 Å². The van der Waals surface area contributed by atoms with Gasteiger partial charge in [0.05, 0.1) is 11.0 Å². The number of aryl methyl sites for hydroxylation is 1. The van der Waals surface area contributed by atoms with E-state index in [0.717, 1.165) is 6.07 Å². The van der Waals surface area contributed by atoms with Crippen LogP contribution in [-0.4, -0.2) is 16.0 Å². The second-order valence-corrected chi connectivity index (χ2v) is 3.63. The van der Waals surface area contributed by atoms with E-state index in [-0.39, 0.29) is 16.8 Å². The molecule has 7 heteroatoms. The number of hydrogen-bond acceptors (Lipinski definition) is 5. The highest BCUT2D eigenvalue weighted by Crippen LogP contribution is 2.23. The Balaban J connectivity index is 2.86. The van der Waals surface area contributed by atoms with E-state index in [1.54, 1.807) is 0 Å². The van der Waals surface area contributed by atoms with Crippen molar-refractivity contribution in [2.45, 2.75) is 6.92 Å². The number of carboxylic acid groups (broad SMARTS) is 1. The van der Waals surface area contributed by atoms with Crippen LogP contribution in [0.5, 0.6) is 0 Å². The Morgan fingerprint density at radius 2 is 2.11 bits per heavy atom. The van der Waals surface area contributed by atoms with Gasteiger partial charge in [-0.25, -0.2) is 9.59 Å². The molecule has 0 bridgehead atoms. The van der Waals surface area contributed by atoms with Gasteiger partial charge < -0.3 is 9.52 Å². The molecule has 0 atom stereocenters. The fourth-order valence-corrected chi connectivity index (χ4v) is 1.71. The standard InChI is InChI=1S/C11H7NO6/c1-5-7-3-2-6(12(16)17)4-8(7)18-11(15)9(5)10(13)14/h2-4H,1H3,(H,13,14). The van der Waals surface area contributed by atoms with Gasteiger partial charge in [-0.15, -0.1) is 0 Å². The van der Waals surface area contributed by atoms with Crippen LogP contribution in [0.25, 0.3) is 11.0 Å². The number of fused-ring (bicyclic) bond motifs is 1. The number of non-ortho nitro benzene ring substituents is 1. The first-order valence-corrected chi connectivity index (χ1v) is 4.87. The summed E-state index contributed by atoms with van der Waals surface area (Å²) in [7, 11) is 0. The summed E-state index contributed by atoms with van der Waals surface area (Å²) in [6.07, 6.45) is 0. The molecule has 1 aromatic carbocycles. The number of nitro groups is 1. The van der Waals surface area contributed by atoms with Gasteiger partial charge in [-0.1, -0.05) is 0 Å². The minimum Gasteiger partial charge on any atom is -0.477 e. The monoisotopic (exact) mass is 249 g/mol. The first-order valence-electron chi connectivity index (χ1n) is 4.87. The van der Waals surface area contributed by atoms with Gasteiger partial charge in [0.15, 0.2) is 0 Å². The molecule has 92 valence electrons. The first kappa shape index (κ1) is 11.8. The van der Waals surface area contributed by atoms with Crippen molar-refractivity contribution in [3.63, 3.8) is 0 Å². The van der Waals surface area contributed by atoms with Crippen molar-refractivity contribution in [1.82, 2.24) is 0 Å². The van der Waals surface area contributed by atoms with Crippen LogP contribution in [0.2, 0.25) is 0 Å². The maximum Gasteiger partial charge on any atom is 0.351 e. The van der Waals surface area contributed by atoms with Gasteiger partial charge >= 0.3 is 11.6 Å². The van der Waals surface area contributed by atoms with Gasteiger partial charge in [0, 0.05) is 11.5 Å². The van der Waals surface area contributed by atoms with Crippen LogP contribution in [0.15, 0.2) is 27.4 Å². The highest BCUT2D eigenvalue weighted by Gasteiger charge is 2.18. The zero-order valence-corrected chi connectivity index (χ0v) is 9.17. The van der Waals surface area contributed by atoms with Crippen molar-refractivity contribution < 1.29 is 19.2 Å². The van der Waals surface area contributed by atoms with E-state index in [0.29, 0.717) is 5.39 Å². The van der Waals surface area contributed by atoms with Gasteiger partial charge in [-0.2, -0.15) is 0 Å². The summed E-state index contributed by atoms with van der Waals surface area (Å²) in [6.45, 7) is 1.45. The molecular formula is C11H7NO6. The van der Waals surface area contributed by atoms with E-state index in [2.05, 4.69) is 0 Å². The molecule has 1 N–H and O–H groups in total. The average Bonchev–Trinajstić information content (AvgIpc) is 2.27. The van der Waals surface area contributed by atoms with Crippen molar-refractivity contribution >= 4 is 22.6 Å². The number of nitro benzene ring substituents is 1. The van der Waals surface area contributed by atoms with Crippen LogP contribution in [0.3, 0.4) is 0 Å². The molecule has 0 spiro atoms. The normalized spacial score (nSPS) is 10.5. The van der Waals surface area contributed by atoms with E-state index < -0.39 is 22.1 Å². The Morgan fingerprint density at radius 3 is 2.67 bits per heavy atom. The summed E-state index contributed by atoms with van der Waals surface area (Å²) in [5.41, 5.74) is -1.49.